The van der Waals surface area contributed by atoms with E-state index in [0.29, 0.717) is 37.6 Å². The van der Waals surface area contributed by atoms with E-state index in [-0.39, 0.29) is 45.7 Å². The maximum atomic E-state index is 12.7. The first-order valence-corrected chi connectivity index (χ1v) is 30.3. The minimum atomic E-state index is -0.318. The molecule has 0 saturated heterocycles. The molecular formula is C71H100N2O6. The summed E-state index contributed by atoms with van der Waals surface area (Å²) < 4.78 is 19.2. The van der Waals surface area contributed by atoms with Gasteiger partial charge in [0.25, 0.3) is 11.8 Å². The predicted molar refractivity (Wildman–Crippen MR) is 327 cm³/mol. The third kappa shape index (κ3) is 15.6. The van der Waals surface area contributed by atoms with E-state index in [4.69, 9.17) is 14.2 Å². The van der Waals surface area contributed by atoms with Crippen LogP contribution in [0.15, 0.2) is 97.1 Å². The van der Waals surface area contributed by atoms with Gasteiger partial charge in [0.2, 0.25) is 0 Å². The molecule has 2 atom stereocenters. The zero-order chi connectivity index (χ0) is 57.5. The van der Waals surface area contributed by atoms with Crippen molar-refractivity contribution in [3.63, 3.8) is 0 Å². The van der Waals surface area contributed by atoms with Crippen molar-refractivity contribution in [2.45, 2.75) is 210 Å². The Morgan fingerprint density at radius 3 is 1.37 bits per heavy atom. The second-order valence-corrected chi connectivity index (χ2v) is 25.1. The number of hydrogen-bond donors (Lipinski definition) is 2. The quantitative estimate of drug-likeness (QED) is 0.0259. The summed E-state index contributed by atoms with van der Waals surface area (Å²) in [4.78, 5) is 26.8. The zero-order valence-corrected chi connectivity index (χ0v) is 51.3. The fourth-order valence-electron chi connectivity index (χ4n) is 12.1. The van der Waals surface area contributed by atoms with Crippen LogP contribution in [0.3, 0.4) is 0 Å². The zero-order valence-electron chi connectivity index (χ0n) is 51.3. The number of aryl methyl sites for hydroxylation is 6. The van der Waals surface area contributed by atoms with Crippen LogP contribution >= 0.6 is 0 Å². The van der Waals surface area contributed by atoms with Gasteiger partial charge in [-0.15, -0.1) is 0 Å². The summed E-state index contributed by atoms with van der Waals surface area (Å²) in [6.07, 6.45) is 13.1. The van der Waals surface area contributed by atoms with E-state index in [1.54, 1.807) is 24.3 Å². The van der Waals surface area contributed by atoms with Gasteiger partial charge in [-0.25, -0.2) is 0 Å². The summed E-state index contributed by atoms with van der Waals surface area (Å²) in [5, 5.41) is 14.2. The summed E-state index contributed by atoms with van der Waals surface area (Å²) in [7, 11) is 0. The number of benzene rings is 5. The first kappa shape index (κ1) is 62.9. The van der Waals surface area contributed by atoms with E-state index in [9.17, 15) is 14.7 Å². The van der Waals surface area contributed by atoms with Crippen LogP contribution in [0.4, 0.5) is 0 Å². The van der Waals surface area contributed by atoms with Crippen LogP contribution in [-0.4, -0.2) is 67.1 Å². The van der Waals surface area contributed by atoms with Gasteiger partial charge in [-0.05, 0) is 215 Å². The predicted octanol–water partition coefficient (Wildman–Crippen LogP) is 16.5. The number of hydrogen-bond acceptors (Lipinski definition) is 7. The number of aliphatic hydroxyl groups is 1. The molecule has 1 aliphatic rings. The van der Waals surface area contributed by atoms with Crippen LogP contribution in [0.25, 0.3) is 0 Å². The number of nitrogens with zero attached hydrogens (tertiary/aromatic N) is 1. The molecule has 2 N–H and O–H groups in total. The van der Waals surface area contributed by atoms with Crippen LogP contribution in [0, 0.1) is 38.5 Å². The molecule has 8 heteroatoms. The third-order valence-electron chi connectivity index (χ3n) is 17.8. The van der Waals surface area contributed by atoms with Gasteiger partial charge < -0.3 is 19.3 Å². The summed E-state index contributed by atoms with van der Waals surface area (Å²) >= 11 is 0. The van der Waals surface area contributed by atoms with Crippen molar-refractivity contribution in [1.82, 2.24) is 10.2 Å². The van der Waals surface area contributed by atoms with Crippen molar-refractivity contribution >= 4 is 11.8 Å². The van der Waals surface area contributed by atoms with Gasteiger partial charge in [-0.3, -0.25) is 19.8 Å². The van der Waals surface area contributed by atoms with E-state index in [2.05, 4.69) is 175 Å². The highest BCUT2D eigenvalue weighted by molar-refractivity contribution is 6.21. The van der Waals surface area contributed by atoms with E-state index in [1.165, 1.54) is 55.0 Å². The van der Waals surface area contributed by atoms with Gasteiger partial charge in [0, 0.05) is 17.4 Å². The second-order valence-electron chi connectivity index (χ2n) is 25.1. The van der Waals surface area contributed by atoms with E-state index in [0.717, 1.165) is 113 Å². The number of aliphatic hydroxyl groups excluding tert-OH is 1. The summed E-state index contributed by atoms with van der Waals surface area (Å²) in [5.41, 5.74) is 13.8. The van der Waals surface area contributed by atoms with Crippen LogP contribution in [0.1, 0.15) is 223 Å². The van der Waals surface area contributed by atoms with Crippen molar-refractivity contribution in [3.05, 3.63) is 164 Å². The average molecular weight is 1080 g/mol. The number of carbonyl (C=O) groups is 2. The largest absolute Gasteiger partial charge is 0.493 e. The van der Waals surface area contributed by atoms with Gasteiger partial charge in [0.05, 0.1) is 43.3 Å². The van der Waals surface area contributed by atoms with Crippen LogP contribution in [0.5, 0.6) is 11.5 Å². The smallest absolute Gasteiger partial charge is 0.261 e. The van der Waals surface area contributed by atoms with Gasteiger partial charge in [0.15, 0.2) is 0 Å². The van der Waals surface area contributed by atoms with E-state index >= 15 is 0 Å². The highest BCUT2D eigenvalue weighted by Gasteiger charge is 2.36. The number of unbranched alkanes of at least 4 members (excludes halogenated alkanes) is 4. The van der Waals surface area contributed by atoms with Gasteiger partial charge in [-0.2, -0.15) is 0 Å². The molecule has 6 rings (SSSR count). The van der Waals surface area contributed by atoms with Crippen LogP contribution in [0.2, 0.25) is 0 Å². The Hall–Kier alpha value is -5.28. The Morgan fingerprint density at radius 2 is 0.949 bits per heavy atom. The second kappa shape index (κ2) is 28.4. The molecule has 5 aromatic carbocycles. The normalized spacial score (nSPS) is 14.0. The Kier molecular flexibility index (Phi) is 22.6. The Morgan fingerprint density at radius 1 is 0.519 bits per heavy atom. The molecule has 0 spiro atoms. The molecule has 8 nitrogen and oxygen atoms in total. The topological polar surface area (TPSA) is 97.3 Å². The molecular weight excluding hydrogens is 977 g/mol. The molecule has 430 valence electrons. The van der Waals surface area contributed by atoms with Gasteiger partial charge in [0.1, 0.15) is 11.5 Å². The lowest BCUT2D eigenvalue weighted by molar-refractivity contribution is -0.0307. The van der Waals surface area contributed by atoms with Crippen molar-refractivity contribution < 1.29 is 28.9 Å². The molecule has 0 saturated carbocycles. The van der Waals surface area contributed by atoms with Crippen LogP contribution in [-0.2, 0) is 28.4 Å². The fraction of sp³-hybridized carbons (Fsp3) is 0.549. The lowest BCUT2D eigenvalue weighted by atomic mass is 9.69. The maximum absolute atomic E-state index is 12.7. The third-order valence-corrected chi connectivity index (χ3v) is 17.8. The first-order valence-electron chi connectivity index (χ1n) is 30.3. The van der Waals surface area contributed by atoms with Crippen molar-refractivity contribution in [3.8, 4) is 11.5 Å². The molecule has 0 radical (unpaired) electrons. The molecule has 79 heavy (non-hydrogen) atoms. The number of ether oxygens (including phenoxy) is 3. The Balaban J connectivity index is 0.913. The SMILES string of the molecule is CCC(CC)(c1ccc(CCC(O)C(C)(C)C)c(C)c1)c1ccc(OCCCCCNCOC(CCc2ccc(C(CC)(CC)c3ccc(OCCCCCN4C(=O)c5ccccc5C4=O)c(C)c3)cc2C)C(C)(C)C)c(C)c1. The molecule has 0 aromatic heterocycles. The van der Waals surface area contributed by atoms with Crippen molar-refractivity contribution in [2.24, 2.45) is 10.8 Å². The minimum Gasteiger partial charge on any atom is -0.493 e. The summed E-state index contributed by atoms with van der Waals surface area (Å²) in [5.74, 6) is 1.51. The highest BCUT2D eigenvalue weighted by atomic mass is 16.5. The summed E-state index contributed by atoms with van der Waals surface area (Å²) in [6, 6.07) is 34.8. The average Bonchev–Trinajstić information content (AvgIpc) is 3.72. The number of imide groups is 1. The molecule has 2 amide bonds. The molecule has 5 aromatic rings. The first-order chi connectivity index (χ1) is 37.6. The molecule has 0 aliphatic carbocycles. The Bertz CT molecular complexity index is 2740. The van der Waals surface area contributed by atoms with Crippen LogP contribution < -0.4 is 14.8 Å². The number of rotatable bonds is 31. The standard InChI is InChI=1S/C71H100N2O6/c1-15-70(16-2,56-33-29-54(50(5)45-56)31-39-64(74)68(9,10)11)58-35-37-62(52(7)47-58)77-43-25-19-23-41-72-49-79-65(69(12,13)14)40-32-55-30-34-57(46-51(55)6)71(17-3,18-4)59-36-38-63(53(8)48-59)78-44-26-20-24-42-73-66(75)60-27-21-22-28-61(60)67(73)76/h21-22,27-30,33-38,45-48,64-65,72,74H,15-20,23-26,31-32,39-44,49H2,1-14H3. The number of carbonyl (C=O) groups excluding carboxylic acids is 2. The number of amides is 2. The fourth-order valence-corrected chi connectivity index (χ4v) is 12.1. The number of fused-ring (bicyclic) bond motifs is 1. The minimum absolute atomic E-state index is 0.0117. The Labute approximate surface area is 477 Å². The van der Waals surface area contributed by atoms with E-state index < -0.39 is 0 Å². The van der Waals surface area contributed by atoms with Crippen molar-refractivity contribution in [2.75, 3.05) is 33.0 Å². The molecule has 0 bridgehead atoms. The number of nitrogens with one attached hydrogen (secondary N) is 1. The highest BCUT2D eigenvalue weighted by Crippen LogP contribution is 2.43. The molecule has 0 fully saturated rings. The van der Waals surface area contributed by atoms with E-state index in [1.807, 2.05) is 0 Å². The lowest BCUT2D eigenvalue weighted by Crippen LogP contribution is -2.34. The van der Waals surface area contributed by atoms with Gasteiger partial charge >= 0.3 is 0 Å². The maximum Gasteiger partial charge on any atom is 0.261 e. The van der Waals surface area contributed by atoms with Gasteiger partial charge in [-0.1, -0.05) is 142 Å². The lowest BCUT2D eigenvalue weighted by Gasteiger charge is -2.34. The van der Waals surface area contributed by atoms with Crippen molar-refractivity contribution in [1.29, 1.82) is 0 Å². The monoisotopic (exact) mass is 1080 g/mol. The molecule has 1 aliphatic heterocycles. The molecule has 1 heterocycles. The molecule has 2 unspecified atom stereocenters. The summed E-state index contributed by atoms with van der Waals surface area (Å²) in [6.45, 7) is 34.4.